The molecule has 0 aliphatic heterocycles. The molecule has 0 amide bonds. The number of aryl methyl sites for hydroxylation is 1. The third-order valence-electron chi connectivity index (χ3n) is 8.04. The van der Waals surface area contributed by atoms with Gasteiger partial charge in [0.05, 0.1) is 29.7 Å². The van der Waals surface area contributed by atoms with E-state index < -0.39 is 17.5 Å². The fourth-order valence-electron chi connectivity index (χ4n) is 5.31. The first-order valence-electron chi connectivity index (χ1n) is 16.9. The van der Waals surface area contributed by atoms with E-state index in [9.17, 15) is 9.59 Å². The van der Waals surface area contributed by atoms with Crippen LogP contribution in [0, 0.1) is 0 Å². The number of halogens is 1. The number of carbonyl (C=O) groups excluding carboxylic acids is 2. The molecular formula is C35H39ClN8O10. The lowest BCUT2D eigenvalue weighted by atomic mass is 9.98. The summed E-state index contributed by atoms with van der Waals surface area (Å²) in [5, 5.41) is 46.4. The number of ether oxygens (including phenoxy) is 2. The Balaban J connectivity index is 1.25. The summed E-state index contributed by atoms with van der Waals surface area (Å²) in [5.74, 6) is 0.503. The molecule has 5 aromatic rings. The van der Waals surface area contributed by atoms with E-state index in [1.165, 1.54) is 0 Å². The van der Waals surface area contributed by atoms with Gasteiger partial charge in [0, 0.05) is 24.9 Å². The molecule has 3 aromatic carbocycles. The van der Waals surface area contributed by atoms with Crippen molar-refractivity contribution in [3.8, 4) is 22.5 Å². The van der Waals surface area contributed by atoms with Gasteiger partial charge in [0.15, 0.2) is 5.15 Å². The summed E-state index contributed by atoms with van der Waals surface area (Å²) in [4.78, 5) is 39.5. The van der Waals surface area contributed by atoms with Crippen LogP contribution < -0.4 is 0 Å². The number of rotatable bonds is 19. The van der Waals surface area contributed by atoms with Crippen molar-refractivity contribution in [2.24, 2.45) is 0 Å². The van der Waals surface area contributed by atoms with Gasteiger partial charge in [-0.15, -0.1) is 10.2 Å². The molecule has 0 radical (unpaired) electrons. The highest BCUT2D eigenvalue weighted by Crippen LogP contribution is 2.30. The van der Waals surface area contributed by atoms with Crippen LogP contribution in [0.5, 0.6) is 0 Å². The summed E-state index contributed by atoms with van der Waals surface area (Å²) in [5.41, 5.74) is 5.18. The lowest BCUT2D eigenvalue weighted by Crippen LogP contribution is -2.17. The van der Waals surface area contributed by atoms with E-state index in [2.05, 4.69) is 37.0 Å². The third kappa shape index (κ3) is 11.4. The van der Waals surface area contributed by atoms with Gasteiger partial charge in [-0.05, 0) is 45.9 Å². The van der Waals surface area contributed by atoms with Gasteiger partial charge < -0.3 is 14.0 Å². The highest BCUT2D eigenvalue weighted by Gasteiger charge is 2.19. The van der Waals surface area contributed by atoms with Crippen molar-refractivity contribution in [3.05, 3.63) is 106 Å². The van der Waals surface area contributed by atoms with Crippen LogP contribution in [0.3, 0.4) is 0 Å². The molecule has 0 aliphatic rings. The number of benzene rings is 3. The minimum absolute atomic E-state index is 0.00756. The van der Waals surface area contributed by atoms with Gasteiger partial charge in [0.1, 0.15) is 19.0 Å². The second-order valence-electron chi connectivity index (χ2n) is 11.8. The van der Waals surface area contributed by atoms with E-state index in [0.29, 0.717) is 35.3 Å². The van der Waals surface area contributed by atoms with Crippen molar-refractivity contribution in [1.29, 1.82) is 0 Å². The van der Waals surface area contributed by atoms with E-state index in [1.807, 2.05) is 53.1 Å². The van der Waals surface area contributed by atoms with E-state index in [0.717, 1.165) is 40.2 Å². The zero-order valence-corrected chi connectivity index (χ0v) is 29.9. The number of nitrogens with zero attached hydrogens (tertiary/aromatic N) is 8. The van der Waals surface area contributed by atoms with Crippen LogP contribution in [-0.2, 0) is 56.7 Å². The van der Waals surface area contributed by atoms with Gasteiger partial charge >= 0.3 is 12.1 Å². The Morgan fingerprint density at radius 3 is 2.15 bits per heavy atom. The zero-order chi connectivity index (χ0) is 38.5. The SMILES string of the molecule is CCCCc1nc(Cl)c(COC(=O)CCCON(O)O)n1Cc1ccc(-c2ccccc2-c2nnn(C(=O)OCc3ccc(CON(O)O)cc3)n2)cc1. The summed E-state index contributed by atoms with van der Waals surface area (Å²) in [7, 11) is 0. The average molecular weight is 767 g/mol. The van der Waals surface area contributed by atoms with Crippen LogP contribution in [0.15, 0.2) is 72.8 Å². The van der Waals surface area contributed by atoms with Crippen molar-refractivity contribution >= 4 is 23.7 Å². The number of imidazole rings is 1. The predicted octanol–water partition coefficient (Wildman–Crippen LogP) is 5.78. The van der Waals surface area contributed by atoms with E-state index >= 15 is 0 Å². The Kier molecular flexibility index (Phi) is 14.7. The quantitative estimate of drug-likeness (QED) is 0.0444. The van der Waals surface area contributed by atoms with Gasteiger partial charge in [-0.2, -0.15) is 0 Å². The van der Waals surface area contributed by atoms with Gasteiger partial charge in [-0.25, -0.2) is 14.6 Å². The standard InChI is InChI=1S/C35H39ClN8O10/c1-2-3-9-31-37-33(36)30(23-51-32(45)10-6-19-53-43(47)48)41(31)20-24-15-17-27(18-16-24)28-7-4-5-8-29(28)34-38-40-42(39-34)35(46)52-21-25-11-13-26(14-12-25)22-54-44(49)50/h4-5,7-8,11-18,47-50H,2-3,6,9-10,19-23H2,1H3. The lowest BCUT2D eigenvalue weighted by molar-refractivity contribution is -0.497. The molecule has 54 heavy (non-hydrogen) atoms. The van der Waals surface area contributed by atoms with Crippen LogP contribution >= 0.6 is 11.6 Å². The highest BCUT2D eigenvalue weighted by atomic mass is 35.5. The first kappa shape index (κ1) is 40.0. The zero-order valence-electron chi connectivity index (χ0n) is 29.2. The van der Waals surface area contributed by atoms with E-state index in [4.69, 9.17) is 41.9 Å². The number of hydrogen-bond donors (Lipinski definition) is 4. The second kappa shape index (κ2) is 19.8. The molecule has 0 spiro atoms. The lowest BCUT2D eigenvalue weighted by Gasteiger charge is -2.14. The average Bonchev–Trinajstić information content (AvgIpc) is 3.78. The topological polar surface area (TPSA) is 220 Å². The maximum Gasteiger partial charge on any atom is 0.454 e. The molecule has 0 saturated heterocycles. The molecule has 0 fully saturated rings. The van der Waals surface area contributed by atoms with E-state index in [-0.39, 0.29) is 55.6 Å². The van der Waals surface area contributed by atoms with Crippen molar-refractivity contribution in [2.75, 3.05) is 6.61 Å². The fraction of sp³-hybridized carbons (Fsp3) is 0.314. The minimum Gasteiger partial charge on any atom is -0.459 e. The van der Waals surface area contributed by atoms with Crippen molar-refractivity contribution in [2.45, 2.75) is 65.4 Å². The summed E-state index contributed by atoms with van der Waals surface area (Å²) in [6.45, 7) is 2.22. The Bertz CT molecular complexity index is 1970. The number of carbonyl (C=O) groups is 2. The largest absolute Gasteiger partial charge is 0.459 e. The Morgan fingerprint density at radius 2 is 1.46 bits per heavy atom. The Morgan fingerprint density at radius 1 is 0.796 bits per heavy atom. The molecule has 4 N–H and O–H groups in total. The number of tetrazole rings is 1. The number of esters is 1. The molecule has 286 valence electrons. The minimum atomic E-state index is -0.821. The first-order chi connectivity index (χ1) is 26.1. The molecule has 18 nitrogen and oxygen atoms in total. The normalized spacial score (nSPS) is 11.4. The summed E-state index contributed by atoms with van der Waals surface area (Å²) < 4.78 is 12.8. The van der Waals surface area contributed by atoms with Crippen molar-refractivity contribution in [1.82, 2.24) is 40.5 Å². The van der Waals surface area contributed by atoms with Crippen LogP contribution in [0.25, 0.3) is 22.5 Å². The van der Waals surface area contributed by atoms with Crippen LogP contribution in [0.2, 0.25) is 5.15 Å². The molecule has 2 heterocycles. The summed E-state index contributed by atoms with van der Waals surface area (Å²) in [6, 6.07) is 22.1. The molecule has 0 atom stereocenters. The van der Waals surface area contributed by atoms with Crippen LogP contribution in [-0.4, -0.2) is 80.0 Å². The maximum atomic E-state index is 12.7. The maximum absolute atomic E-state index is 12.7. The van der Waals surface area contributed by atoms with Gasteiger partial charge in [-0.1, -0.05) is 103 Å². The summed E-state index contributed by atoms with van der Waals surface area (Å²) in [6.07, 6.45) is 1.95. The van der Waals surface area contributed by atoms with Crippen LogP contribution in [0.1, 0.15) is 60.8 Å². The van der Waals surface area contributed by atoms with Gasteiger partial charge in [-0.3, -0.25) is 30.5 Å². The summed E-state index contributed by atoms with van der Waals surface area (Å²) >= 11 is 6.54. The highest BCUT2D eigenvalue weighted by molar-refractivity contribution is 6.30. The third-order valence-corrected chi connectivity index (χ3v) is 8.34. The molecule has 0 aliphatic carbocycles. The molecule has 0 bridgehead atoms. The number of unbranched alkanes of at least 4 members (excludes halogenated alkanes) is 1. The van der Waals surface area contributed by atoms with Crippen molar-refractivity contribution in [3.63, 3.8) is 0 Å². The van der Waals surface area contributed by atoms with E-state index in [1.54, 1.807) is 24.3 Å². The monoisotopic (exact) mass is 766 g/mol. The smallest absolute Gasteiger partial charge is 0.454 e. The molecular weight excluding hydrogens is 728 g/mol. The number of hydrogen-bond acceptors (Lipinski definition) is 16. The molecule has 0 saturated carbocycles. The second-order valence-corrected chi connectivity index (χ2v) is 12.2. The Hall–Kier alpha value is -5.15. The molecule has 0 unspecified atom stereocenters. The number of aromatic nitrogens is 6. The predicted molar refractivity (Wildman–Crippen MR) is 186 cm³/mol. The molecule has 19 heteroatoms. The van der Waals surface area contributed by atoms with Crippen molar-refractivity contribution < 1.29 is 49.6 Å². The van der Waals surface area contributed by atoms with Crippen LogP contribution in [0.4, 0.5) is 4.79 Å². The Labute approximate surface area is 314 Å². The first-order valence-corrected chi connectivity index (χ1v) is 17.2. The van der Waals surface area contributed by atoms with Gasteiger partial charge in [0.2, 0.25) is 5.82 Å². The molecule has 5 rings (SSSR count). The molecule has 2 aromatic heterocycles. The fourth-order valence-corrected chi connectivity index (χ4v) is 5.56. The van der Waals surface area contributed by atoms with Gasteiger partial charge in [0.25, 0.3) is 0 Å².